The van der Waals surface area contributed by atoms with Gasteiger partial charge in [-0.1, -0.05) is 22.0 Å². The van der Waals surface area contributed by atoms with E-state index >= 15 is 0 Å². The van der Waals surface area contributed by atoms with Crippen LogP contribution in [0.5, 0.6) is 0 Å². The molecule has 0 amide bonds. The molecule has 0 spiro atoms. The summed E-state index contributed by atoms with van der Waals surface area (Å²) in [7, 11) is 0. The average Bonchev–Trinajstić information content (AvgIpc) is 2.26. The lowest BCUT2D eigenvalue weighted by Gasteiger charge is -2.06. The van der Waals surface area contributed by atoms with Gasteiger partial charge in [0.15, 0.2) is 0 Å². The van der Waals surface area contributed by atoms with Crippen molar-refractivity contribution in [3.05, 3.63) is 45.9 Å². The minimum atomic E-state index is -1.08. The zero-order valence-electron chi connectivity index (χ0n) is 8.48. The number of carboxylic acids is 2. The van der Waals surface area contributed by atoms with E-state index in [1.54, 1.807) is 18.2 Å². The van der Waals surface area contributed by atoms with Crippen molar-refractivity contribution in [2.75, 3.05) is 0 Å². The fourth-order valence-electron chi connectivity index (χ4n) is 1.69. The lowest BCUT2D eigenvalue weighted by molar-refractivity contribution is 0.0684. The number of carbonyl (C=O) groups is 2. The highest BCUT2D eigenvalue weighted by atomic mass is 79.9. The third-order valence-corrected chi connectivity index (χ3v) is 2.93. The molecule has 0 heterocycles. The molecule has 2 rings (SSSR count). The van der Waals surface area contributed by atoms with Crippen LogP contribution in [0, 0.1) is 0 Å². The lowest BCUT2D eigenvalue weighted by atomic mass is 10.00. The average molecular weight is 295 g/mol. The number of hydrogen-bond donors (Lipinski definition) is 2. The normalized spacial score (nSPS) is 10.4. The molecule has 4 nitrogen and oxygen atoms in total. The molecule has 86 valence electrons. The van der Waals surface area contributed by atoms with Gasteiger partial charge in [0, 0.05) is 4.47 Å². The van der Waals surface area contributed by atoms with Gasteiger partial charge < -0.3 is 10.2 Å². The van der Waals surface area contributed by atoms with Gasteiger partial charge in [-0.05, 0) is 35.0 Å². The maximum absolute atomic E-state index is 11.0. The van der Waals surface area contributed by atoms with E-state index in [2.05, 4.69) is 15.9 Å². The second-order valence-electron chi connectivity index (χ2n) is 3.46. The number of aromatic carboxylic acids is 2. The molecule has 2 aromatic rings. The number of fused-ring (bicyclic) bond motifs is 1. The Morgan fingerprint density at radius 1 is 0.882 bits per heavy atom. The van der Waals surface area contributed by atoms with Crippen molar-refractivity contribution in [2.24, 2.45) is 0 Å². The highest BCUT2D eigenvalue weighted by Gasteiger charge is 2.14. The van der Waals surface area contributed by atoms with Crippen LogP contribution in [0.3, 0.4) is 0 Å². The number of carboxylic acid groups (broad SMARTS) is 2. The number of benzene rings is 2. The Morgan fingerprint density at radius 3 is 1.94 bits per heavy atom. The molecular formula is C12H7BrO4. The summed E-state index contributed by atoms with van der Waals surface area (Å²) in [6.07, 6.45) is 0. The van der Waals surface area contributed by atoms with Crippen LogP contribution >= 0.6 is 15.9 Å². The summed E-state index contributed by atoms with van der Waals surface area (Å²) >= 11 is 3.24. The summed E-state index contributed by atoms with van der Waals surface area (Å²) in [5.41, 5.74) is 0.184. The summed E-state index contributed by atoms with van der Waals surface area (Å²) < 4.78 is 0.704. The second-order valence-corrected chi connectivity index (χ2v) is 4.38. The Bertz CT molecular complexity index is 634. The van der Waals surface area contributed by atoms with Crippen LogP contribution < -0.4 is 0 Å². The molecule has 5 heteroatoms. The van der Waals surface area contributed by atoms with E-state index in [0.29, 0.717) is 15.2 Å². The highest BCUT2D eigenvalue weighted by Crippen LogP contribution is 2.26. The Hall–Kier alpha value is -1.88. The van der Waals surface area contributed by atoms with Crippen LogP contribution in [-0.4, -0.2) is 22.2 Å². The fraction of sp³-hybridized carbons (Fsp3) is 0. The summed E-state index contributed by atoms with van der Waals surface area (Å²) in [5, 5.41) is 18.9. The molecule has 0 unspecified atom stereocenters. The monoisotopic (exact) mass is 294 g/mol. The maximum Gasteiger partial charge on any atom is 0.336 e. The van der Waals surface area contributed by atoms with Gasteiger partial charge in [0.1, 0.15) is 0 Å². The van der Waals surface area contributed by atoms with E-state index in [1.807, 2.05) is 0 Å². The molecule has 0 aliphatic heterocycles. The second kappa shape index (κ2) is 4.18. The zero-order valence-corrected chi connectivity index (χ0v) is 10.1. The Morgan fingerprint density at radius 2 is 1.41 bits per heavy atom. The van der Waals surface area contributed by atoms with Gasteiger partial charge in [0.2, 0.25) is 0 Å². The van der Waals surface area contributed by atoms with E-state index in [-0.39, 0.29) is 11.1 Å². The van der Waals surface area contributed by atoms with Crippen molar-refractivity contribution >= 4 is 38.6 Å². The third kappa shape index (κ3) is 2.01. The summed E-state index contributed by atoms with van der Waals surface area (Å²) in [6.45, 7) is 0. The van der Waals surface area contributed by atoms with Gasteiger partial charge >= 0.3 is 11.9 Å². The Labute approximate surface area is 105 Å². The van der Waals surface area contributed by atoms with Crippen molar-refractivity contribution in [3.63, 3.8) is 0 Å². The zero-order chi connectivity index (χ0) is 12.6. The van der Waals surface area contributed by atoms with E-state index in [4.69, 9.17) is 10.2 Å². The smallest absolute Gasteiger partial charge is 0.336 e. The quantitative estimate of drug-likeness (QED) is 0.893. The first-order chi connectivity index (χ1) is 8.00. The first-order valence-electron chi connectivity index (χ1n) is 4.69. The van der Waals surface area contributed by atoms with E-state index in [1.165, 1.54) is 12.1 Å². The van der Waals surface area contributed by atoms with Crippen LogP contribution in [0.4, 0.5) is 0 Å². The van der Waals surface area contributed by atoms with Crippen molar-refractivity contribution in [2.45, 2.75) is 0 Å². The maximum atomic E-state index is 11.0. The van der Waals surface area contributed by atoms with Gasteiger partial charge in [-0.15, -0.1) is 0 Å². The first-order valence-corrected chi connectivity index (χ1v) is 5.49. The molecule has 2 N–H and O–H groups in total. The summed E-state index contributed by atoms with van der Waals surface area (Å²) in [6, 6.07) is 7.49. The van der Waals surface area contributed by atoms with Gasteiger partial charge in [0.05, 0.1) is 11.1 Å². The molecule has 0 radical (unpaired) electrons. The fourth-order valence-corrected chi connectivity index (χ4v) is 2.05. The van der Waals surface area contributed by atoms with Gasteiger partial charge in [-0.2, -0.15) is 0 Å². The van der Waals surface area contributed by atoms with Crippen LogP contribution in [0.1, 0.15) is 20.7 Å². The molecule has 0 fully saturated rings. The highest BCUT2D eigenvalue weighted by molar-refractivity contribution is 9.10. The molecular weight excluding hydrogens is 288 g/mol. The van der Waals surface area contributed by atoms with Crippen LogP contribution in [-0.2, 0) is 0 Å². The standard InChI is InChI=1S/C12H7BrO4/c13-6-1-2-7-8(11(14)15)3-4-9(12(16)17)10(7)5-6/h1-5H,(H,14,15)(H,16,17). The topological polar surface area (TPSA) is 74.6 Å². The minimum Gasteiger partial charge on any atom is -0.478 e. The van der Waals surface area contributed by atoms with Gasteiger partial charge in [-0.3, -0.25) is 0 Å². The minimum absolute atomic E-state index is 0.0892. The summed E-state index contributed by atoms with van der Waals surface area (Å²) in [4.78, 5) is 22.1. The number of halogens is 1. The molecule has 17 heavy (non-hydrogen) atoms. The molecule has 0 aromatic heterocycles. The Balaban J connectivity index is 2.90. The van der Waals surface area contributed by atoms with Crippen molar-refractivity contribution < 1.29 is 19.8 Å². The molecule has 0 aliphatic carbocycles. The Kier molecular flexibility index (Phi) is 2.85. The SMILES string of the molecule is O=C(O)c1ccc(C(=O)O)c2cc(Br)ccc12. The van der Waals surface area contributed by atoms with E-state index < -0.39 is 11.9 Å². The van der Waals surface area contributed by atoms with E-state index in [0.717, 1.165) is 0 Å². The number of hydrogen-bond acceptors (Lipinski definition) is 2. The largest absolute Gasteiger partial charge is 0.478 e. The van der Waals surface area contributed by atoms with Gasteiger partial charge in [0.25, 0.3) is 0 Å². The molecule has 2 aromatic carbocycles. The van der Waals surface area contributed by atoms with Crippen molar-refractivity contribution in [1.29, 1.82) is 0 Å². The van der Waals surface area contributed by atoms with Crippen molar-refractivity contribution in [1.82, 2.24) is 0 Å². The first kappa shape index (κ1) is 11.6. The molecule has 0 saturated carbocycles. The molecule has 0 atom stereocenters. The van der Waals surface area contributed by atoms with E-state index in [9.17, 15) is 9.59 Å². The van der Waals surface area contributed by atoms with Crippen molar-refractivity contribution in [3.8, 4) is 0 Å². The van der Waals surface area contributed by atoms with Crippen LogP contribution in [0.25, 0.3) is 10.8 Å². The van der Waals surface area contributed by atoms with Gasteiger partial charge in [-0.25, -0.2) is 9.59 Å². The predicted octanol–water partition coefficient (Wildman–Crippen LogP) is 3.00. The number of rotatable bonds is 2. The molecule has 0 bridgehead atoms. The summed E-state index contributed by atoms with van der Waals surface area (Å²) in [5.74, 6) is -2.15. The molecule has 0 aliphatic rings. The predicted molar refractivity (Wildman–Crippen MR) is 65.6 cm³/mol. The van der Waals surface area contributed by atoms with Crippen LogP contribution in [0.15, 0.2) is 34.8 Å². The third-order valence-electron chi connectivity index (χ3n) is 2.44. The molecule has 0 saturated heterocycles. The van der Waals surface area contributed by atoms with Crippen LogP contribution in [0.2, 0.25) is 0 Å². The lowest BCUT2D eigenvalue weighted by Crippen LogP contribution is -2.02.